The maximum absolute atomic E-state index is 12.5. The summed E-state index contributed by atoms with van der Waals surface area (Å²) in [6, 6.07) is 3.87. The largest absolute Gasteiger partial charge is 0.471 e. The molecule has 0 aromatic carbocycles. The Hall–Kier alpha value is -3.18. The summed E-state index contributed by atoms with van der Waals surface area (Å²) in [5, 5.41) is 3.24. The van der Waals surface area contributed by atoms with Crippen LogP contribution in [0.2, 0.25) is 0 Å². The quantitative estimate of drug-likeness (QED) is 0.633. The topological polar surface area (TPSA) is 86.8 Å². The Morgan fingerprint density at radius 2 is 1.92 bits per heavy atom. The van der Waals surface area contributed by atoms with Gasteiger partial charge >= 0.3 is 12.1 Å². The van der Waals surface area contributed by atoms with Crippen molar-refractivity contribution in [1.29, 1.82) is 0 Å². The smallest absolute Gasteiger partial charge is 0.471 e. The fourth-order valence-corrected chi connectivity index (χ4v) is 1.80. The number of hydrogen-bond donors (Lipinski definition) is 0. The van der Waals surface area contributed by atoms with Crippen LogP contribution in [0.5, 0.6) is 5.88 Å². The average molecular weight is 373 g/mol. The first-order valence-corrected chi connectivity index (χ1v) is 6.92. The van der Waals surface area contributed by atoms with Gasteiger partial charge in [-0.15, -0.1) is 0 Å². The van der Waals surface area contributed by atoms with Crippen molar-refractivity contribution in [1.82, 2.24) is 25.1 Å². The van der Waals surface area contributed by atoms with Crippen molar-refractivity contribution < 1.29 is 31.2 Å². The summed E-state index contributed by atoms with van der Waals surface area (Å²) in [5.74, 6) is -1.79. The van der Waals surface area contributed by atoms with Gasteiger partial charge in [-0.25, -0.2) is 18.7 Å². The second kappa shape index (κ2) is 6.98. The molecule has 0 unspecified atom stereocenters. The molecule has 0 saturated heterocycles. The van der Waals surface area contributed by atoms with E-state index in [0.29, 0.717) is 5.69 Å². The van der Waals surface area contributed by atoms with E-state index in [1.165, 1.54) is 18.3 Å². The van der Waals surface area contributed by atoms with E-state index < -0.39 is 24.2 Å². The van der Waals surface area contributed by atoms with Crippen LogP contribution < -0.4 is 4.74 Å². The summed E-state index contributed by atoms with van der Waals surface area (Å²) in [5.41, 5.74) is 0.108. The van der Waals surface area contributed by atoms with Crippen LogP contribution in [0, 0.1) is 0 Å². The molecule has 0 spiro atoms. The number of alkyl halides is 5. The maximum Gasteiger partial charge on any atom is 0.471 e. The van der Waals surface area contributed by atoms with Crippen molar-refractivity contribution in [2.24, 2.45) is 0 Å². The molecule has 0 bridgehead atoms. The van der Waals surface area contributed by atoms with E-state index in [2.05, 4.69) is 29.6 Å². The van der Waals surface area contributed by atoms with Crippen LogP contribution in [0.3, 0.4) is 0 Å². The minimum absolute atomic E-state index is 0.0610. The molecule has 7 nitrogen and oxygen atoms in total. The summed E-state index contributed by atoms with van der Waals surface area (Å²) in [6.07, 6.45) is -5.31. The Kier molecular flexibility index (Phi) is 4.73. The van der Waals surface area contributed by atoms with Gasteiger partial charge in [0.15, 0.2) is 0 Å². The van der Waals surface area contributed by atoms with Crippen LogP contribution in [0.25, 0.3) is 11.4 Å². The molecular formula is C14H8F5N5O2. The standard InChI is InChI=1S/C14H8F5N5O2/c15-11(16)9-3-10(22-6-21-9)25-5-8-2-1-7(4-20-8)12-23-13(26-24-12)14(17,18)19/h1-4,6,11H,5H2. The Morgan fingerprint density at radius 1 is 1.12 bits per heavy atom. The lowest BCUT2D eigenvalue weighted by molar-refractivity contribution is -0.159. The Labute approximate surface area is 141 Å². The number of hydrogen-bond acceptors (Lipinski definition) is 7. The van der Waals surface area contributed by atoms with Gasteiger partial charge in [-0.2, -0.15) is 18.2 Å². The highest BCUT2D eigenvalue weighted by Gasteiger charge is 2.38. The van der Waals surface area contributed by atoms with Crippen molar-refractivity contribution in [3.63, 3.8) is 0 Å². The van der Waals surface area contributed by atoms with Gasteiger partial charge < -0.3 is 9.26 Å². The maximum atomic E-state index is 12.5. The fraction of sp³-hybridized carbons (Fsp3) is 0.214. The van der Waals surface area contributed by atoms with E-state index >= 15 is 0 Å². The van der Waals surface area contributed by atoms with Crippen LogP contribution in [0.4, 0.5) is 22.0 Å². The molecule has 0 aliphatic carbocycles. The number of pyridine rings is 1. The van der Waals surface area contributed by atoms with Gasteiger partial charge in [0, 0.05) is 17.8 Å². The lowest BCUT2D eigenvalue weighted by Gasteiger charge is -2.06. The van der Waals surface area contributed by atoms with Crippen LogP contribution in [0.1, 0.15) is 23.7 Å². The number of aromatic nitrogens is 5. The molecule has 0 atom stereocenters. The predicted molar refractivity (Wildman–Crippen MR) is 73.9 cm³/mol. The lowest BCUT2D eigenvalue weighted by atomic mass is 10.2. The van der Waals surface area contributed by atoms with E-state index in [4.69, 9.17) is 4.74 Å². The van der Waals surface area contributed by atoms with Crippen LogP contribution in [-0.2, 0) is 12.8 Å². The first-order chi connectivity index (χ1) is 12.3. The second-order valence-corrected chi connectivity index (χ2v) is 4.83. The van der Waals surface area contributed by atoms with Crippen molar-refractivity contribution in [2.45, 2.75) is 19.2 Å². The van der Waals surface area contributed by atoms with Crippen molar-refractivity contribution >= 4 is 0 Å². The van der Waals surface area contributed by atoms with Gasteiger partial charge in [-0.05, 0) is 12.1 Å². The van der Waals surface area contributed by atoms with Crippen molar-refractivity contribution in [3.05, 3.63) is 48.0 Å². The average Bonchev–Trinajstić information content (AvgIpc) is 3.11. The van der Waals surface area contributed by atoms with Gasteiger partial charge in [0.2, 0.25) is 11.7 Å². The number of nitrogens with zero attached hydrogens (tertiary/aromatic N) is 5. The molecule has 0 fully saturated rings. The number of rotatable bonds is 5. The fourth-order valence-electron chi connectivity index (χ4n) is 1.80. The monoisotopic (exact) mass is 373 g/mol. The highest BCUT2D eigenvalue weighted by molar-refractivity contribution is 5.52. The van der Waals surface area contributed by atoms with E-state index in [0.717, 1.165) is 12.4 Å². The zero-order valence-corrected chi connectivity index (χ0v) is 12.6. The molecule has 3 heterocycles. The molecule has 0 aliphatic rings. The second-order valence-electron chi connectivity index (χ2n) is 4.83. The number of halogens is 5. The molecule has 136 valence electrons. The molecule has 0 aliphatic heterocycles. The summed E-state index contributed by atoms with van der Waals surface area (Å²) in [7, 11) is 0. The third-order valence-corrected chi connectivity index (χ3v) is 3.01. The van der Waals surface area contributed by atoms with Crippen LogP contribution in [0.15, 0.2) is 35.2 Å². The minimum atomic E-state index is -4.74. The third-order valence-electron chi connectivity index (χ3n) is 3.01. The Bertz CT molecular complexity index is 882. The normalized spacial score (nSPS) is 11.8. The highest BCUT2D eigenvalue weighted by Crippen LogP contribution is 2.29. The molecule has 3 aromatic rings. The van der Waals surface area contributed by atoms with Gasteiger partial charge in [0.25, 0.3) is 6.43 Å². The predicted octanol–water partition coefficient (Wildman–Crippen LogP) is 3.46. The molecule has 0 amide bonds. The Balaban J connectivity index is 1.66. The summed E-state index contributed by atoms with van der Waals surface area (Å²) < 4.78 is 71.8. The van der Waals surface area contributed by atoms with E-state index in [-0.39, 0.29) is 23.9 Å². The van der Waals surface area contributed by atoms with Crippen molar-refractivity contribution in [3.8, 4) is 17.3 Å². The first kappa shape index (κ1) is 17.6. The Morgan fingerprint density at radius 3 is 2.54 bits per heavy atom. The number of ether oxygens (including phenoxy) is 1. The van der Waals surface area contributed by atoms with E-state index in [1.54, 1.807) is 0 Å². The summed E-state index contributed by atoms with van der Waals surface area (Å²) >= 11 is 0. The first-order valence-electron chi connectivity index (χ1n) is 6.92. The van der Waals surface area contributed by atoms with E-state index in [9.17, 15) is 22.0 Å². The van der Waals surface area contributed by atoms with Gasteiger partial charge in [0.1, 0.15) is 18.6 Å². The summed E-state index contributed by atoms with van der Waals surface area (Å²) in [4.78, 5) is 14.3. The molecule has 3 aromatic heterocycles. The van der Waals surface area contributed by atoms with Crippen molar-refractivity contribution in [2.75, 3.05) is 0 Å². The molecule has 12 heteroatoms. The molecule has 0 radical (unpaired) electrons. The summed E-state index contributed by atoms with van der Waals surface area (Å²) in [6.45, 7) is -0.0972. The van der Waals surface area contributed by atoms with Gasteiger partial charge in [0.05, 0.1) is 5.69 Å². The minimum Gasteiger partial charge on any atom is -0.471 e. The SMILES string of the molecule is FC(F)c1cc(OCc2ccc(-c3noc(C(F)(F)F)n3)cn2)ncn1. The molecule has 26 heavy (non-hydrogen) atoms. The van der Waals surface area contributed by atoms with Gasteiger partial charge in [-0.3, -0.25) is 4.98 Å². The zero-order valence-electron chi connectivity index (χ0n) is 12.6. The van der Waals surface area contributed by atoms with Crippen LogP contribution >= 0.6 is 0 Å². The van der Waals surface area contributed by atoms with Crippen LogP contribution in [-0.4, -0.2) is 25.1 Å². The molecular weight excluding hydrogens is 365 g/mol. The third kappa shape index (κ3) is 4.07. The highest BCUT2D eigenvalue weighted by atomic mass is 19.4. The van der Waals surface area contributed by atoms with Gasteiger partial charge in [-0.1, -0.05) is 5.16 Å². The molecule has 3 rings (SSSR count). The molecule has 0 N–H and O–H groups in total. The molecule has 0 saturated carbocycles. The zero-order chi connectivity index (χ0) is 18.7. The lowest BCUT2D eigenvalue weighted by Crippen LogP contribution is -2.05. The van der Waals surface area contributed by atoms with E-state index in [1.807, 2.05) is 0 Å².